The standard InChI is InChI=1S/C22H32N6O4S.C16H24N4O2.C16H11N3O.C16H14N2OS.C15H10ClN5.C10H8N4O2.C6H7N5/c1-6-12-27-20-18(21(29)28(13-7-2)22(27)30)23-19(24-20)16-8-10-17(11-9-16)33(31,32)26(5)15-14-25(3)4;1-5-8-9-17-14-12-10-18-20(6-2)15(12)19-11(4)13(14)16(21)22-7-3;20-16-14-12-8-4-5-9-13(12)19(15(14)17-10-18-16)11-6-2-1-3-7-11;19-13-6-3-5-11(8-13)15-10-20-16-17-14-7-2-1-4-12(14)9-18(15)16;16-10-6-7-12-11(8-10)18-13(17)15-20-19-14(21(12)15)9-4-2-1-3-5-9;15-9-7-8(13-10(16)14-9)12-6-4-2-1-3-5(6)11-7;1-11-3-10-4-5(7)8-2-9-6(4)11/h8-11H,6-7,12-15H2,1-5H3,(H,23,24);10H,5-9H2,1-4H3,(H,17,19);1-10H,(H,17,18,20);1-8,15,19H,9-10H2;1-8H,(H2,17,18);1-4,11H,(H3,12,13,14,15,16);2-3H,1H3,(H2,7,8,9). The molecule has 8 aromatic carbocycles. The van der Waals surface area contributed by atoms with E-state index < -0.39 is 26.8 Å². The Labute approximate surface area is 827 Å². The van der Waals surface area contributed by atoms with Crippen molar-refractivity contribution in [1.29, 1.82) is 0 Å². The van der Waals surface area contributed by atoms with Crippen molar-refractivity contribution in [2.24, 2.45) is 12.0 Å². The lowest BCUT2D eigenvalue weighted by atomic mass is 10.0. The molecule has 0 radical (unpaired) electrons. The van der Waals surface area contributed by atoms with Gasteiger partial charge in [0.2, 0.25) is 15.7 Å². The van der Waals surface area contributed by atoms with Gasteiger partial charge in [0.15, 0.2) is 45.2 Å². The van der Waals surface area contributed by atoms with Crippen LogP contribution < -0.4 is 55.5 Å². The summed E-state index contributed by atoms with van der Waals surface area (Å²) in [5.74, 6) is 3.25. The van der Waals surface area contributed by atoms with Crippen LogP contribution in [0.25, 0.3) is 100 Å². The van der Waals surface area contributed by atoms with E-state index >= 15 is 0 Å². The number of nitrogens with one attached hydrogen (secondary N) is 7. The number of benzene rings is 8. The lowest BCUT2D eigenvalue weighted by Gasteiger charge is -2.29. The third-order valence-corrected chi connectivity index (χ3v) is 26.7. The van der Waals surface area contributed by atoms with Crippen molar-refractivity contribution in [3.05, 3.63) is 305 Å². The number of sulfonamides is 1. The number of amidine groups is 1. The fraction of sp³-hybridized carbons (Fsp3) is 0.238. The summed E-state index contributed by atoms with van der Waals surface area (Å²) < 4.78 is 42.5. The minimum absolute atomic E-state index is 0.110. The van der Waals surface area contributed by atoms with Crippen molar-refractivity contribution >= 4 is 162 Å². The summed E-state index contributed by atoms with van der Waals surface area (Å²) in [7, 11) is 3.58. The van der Waals surface area contributed by atoms with E-state index in [1.807, 2.05) is 207 Å². The summed E-state index contributed by atoms with van der Waals surface area (Å²) in [6.45, 7) is 16.2. The predicted molar refractivity (Wildman–Crippen MR) is 562 cm³/mol. The number of aryl methyl sites for hydroxylation is 4. The molecule has 0 aliphatic carbocycles. The number of aliphatic imine (C=N–C) groups is 1. The van der Waals surface area contributed by atoms with Crippen molar-refractivity contribution in [3.63, 3.8) is 0 Å². The molecule has 1 saturated heterocycles. The number of nitrogens with zero attached hydrogens (tertiary/aromatic N) is 20. The molecule has 14 heterocycles. The highest BCUT2D eigenvalue weighted by molar-refractivity contribution is 8.14. The Morgan fingerprint density at radius 3 is 2.12 bits per heavy atom. The number of unbranched alkanes of at least 4 members (excludes halogenated alkanes) is 1. The molecule has 39 nitrogen and oxygen atoms in total. The topological polar surface area (TPSA) is 497 Å². The maximum atomic E-state index is 12.9. The molecular weight excluding hydrogens is 1880 g/mol. The van der Waals surface area contributed by atoms with Gasteiger partial charge in [-0.2, -0.15) is 9.40 Å². The van der Waals surface area contributed by atoms with E-state index in [-0.39, 0.29) is 27.6 Å². The molecule has 0 bridgehead atoms. The fourth-order valence-corrected chi connectivity index (χ4v) is 19.0. The number of ether oxygens (including phenoxy) is 1. The maximum Gasteiger partial charge on any atom is 0.342 e. The van der Waals surface area contributed by atoms with Crippen LogP contribution in [0, 0.1) is 6.92 Å². The molecule has 19 aromatic rings. The molecule has 3 aliphatic heterocycles. The normalized spacial score (nSPS) is 12.7. The predicted octanol–water partition coefficient (Wildman–Crippen LogP) is 15.2. The molecule has 3 aliphatic rings. The number of thioether (sulfide) groups is 1. The molecular formula is C101H106ClN29O10S2. The number of halogens is 1. The SMILES string of the molecule is CCCCNc1c(C(=O)OCC)c(C)nc2c1cnn2CC.CCCn1c(=O)c2[nH]c(-c3ccc(S(=O)(=O)N(C)CCN(C)C)cc3)nc2n(CCC)c1=O.Cn1cnc2c(N)ncnc21.Nc1nc2cc(Cl)ccc2n2c(-c3ccccc3)nnc12.O=c1[nH]c2c(c(=O)[nH]1)Nc1ccccc1N2.O=c1[nH]cnc2c1c1ccccc1n2-c1ccccc1.Oc1cccc(C2CSC3=Nc4ccccc4CN32)c1. The van der Waals surface area contributed by atoms with Gasteiger partial charge in [-0.25, -0.2) is 67.4 Å². The van der Waals surface area contributed by atoms with E-state index in [1.165, 1.54) is 43.8 Å². The molecule has 0 amide bonds. The van der Waals surface area contributed by atoms with Crippen molar-refractivity contribution in [2.45, 2.75) is 104 Å². The molecule has 0 saturated carbocycles. The van der Waals surface area contributed by atoms with Crippen LogP contribution in [0.3, 0.4) is 0 Å². The zero-order valence-electron chi connectivity index (χ0n) is 80.0. The number of rotatable bonds is 20. The van der Waals surface area contributed by atoms with Crippen molar-refractivity contribution in [2.75, 3.05) is 80.6 Å². The van der Waals surface area contributed by atoms with Crippen LogP contribution in [0.4, 0.5) is 45.9 Å². The lowest BCUT2D eigenvalue weighted by molar-refractivity contribution is 0.0526. The number of phenols is 1. The average Bonchev–Trinajstić information content (AvgIpc) is 1.59. The summed E-state index contributed by atoms with van der Waals surface area (Å²) in [6, 6.07) is 63.0. The second-order valence-electron chi connectivity index (χ2n) is 33.6. The molecule has 143 heavy (non-hydrogen) atoms. The second kappa shape index (κ2) is 44.3. The lowest BCUT2D eigenvalue weighted by Crippen LogP contribution is -2.40. The molecule has 12 N–H and O–H groups in total. The summed E-state index contributed by atoms with van der Waals surface area (Å²) in [5.41, 5.74) is 26.3. The minimum atomic E-state index is -3.62. The number of H-pyrrole nitrogens is 4. The van der Waals surface area contributed by atoms with Gasteiger partial charge < -0.3 is 61.6 Å². The molecule has 22 rings (SSSR count). The number of aromatic amines is 4. The van der Waals surface area contributed by atoms with Crippen LogP contribution in [0.5, 0.6) is 5.75 Å². The number of hydrogen-bond acceptors (Lipinski definition) is 29. The number of likely N-dealkylation sites (N-methyl/N-ethyl adjacent to an activating group) is 2. The van der Waals surface area contributed by atoms with Crippen molar-refractivity contribution in [1.82, 2.24) is 112 Å². The first-order valence-corrected chi connectivity index (χ1v) is 49.1. The smallest absolute Gasteiger partial charge is 0.342 e. The fourth-order valence-electron chi connectivity index (χ4n) is 16.5. The Kier molecular flexibility index (Phi) is 30.8. The van der Waals surface area contributed by atoms with E-state index in [2.05, 4.69) is 122 Å². The minimum Gasteiger partial charge on any atom is -0.508 e. The Balaban J connectivity index is 0.000000122. The number of pyridine rings is 1. The number of nitrogens with two attached hydrogens (primary N) is 2. The van der Waals surface area contributed by atoms with Crippen LogP contribution in [-0.2, 0) is 48.0 Å². The Morgan fingerprint density at radius 2 is 1.39 bits per heavy atom. The van der Waals surface area contributed by atoms with Crippen molar-refractivity contribution < 1.29 is 23.1 Å². The van der Waals surface area contributed by atoms with Crippen LogP contribution in [0.2, 0.25) is 5.02 Å². The van der Waals surface area contributed by atoms with Crippen LogP contribution >= 0.6 is 23.4 Å². The van der Waals surface area contributed by atoms with Gasteiger partial charge in [0.1, 0.15) is 46.0 Å². The number of imidazole rings is 2. The zero-order chi connectivity index (χ0) is 101. The van der Waals surface area contributed by atoms with E-state index in [0.717, 1.165) is 128 Å². The van der Waals surface area contributed by atoms with Gasteiger partial charge in [-0.05, 0) is 156 Å². The molecule has 1 fully saturated rings. The molecule has 1 atom stereocenters. The summed E-state index contributed by atoms with van der Waals surface area (Å²) in [5, 5.41) is 35.9. The summed E-state index contributed by atoms with van der Waals surface area (Å²) in [4.78, 5) is 122. The first-order chi connectivity index (χ1) is 69.2. The Bertz CT molecular complexity index is 8360. The van der Waals surface area contributed by atoms with Gasteiger partial charge in [0.05, 0.1) is 92.2 Å². The van der Waals surface area contributed by atoms with Gasteiger partial charge in [0, 0.05) is 92.9 Å². The first kappa shape index (κ1) is 99.5. The number of carbonyl (C=O) groups excluding carboxylic acids is 1. The third-order valence-electron chi connectivity index (χ3n) is 23.6. The second-order valence-corrected chi connectivity index (χ2v) is 37.1. The molecule has 42 heteroatoms. The number of carbonyl (C=O) groups is 1. The third kappa shape index (κ3) is 21.5. The highest BCUT2D eigenvalue weighted by Gasteiger charge is 2.35. The molecule has 0 spiro atoms. The summed E-state index contributed by atoms with van der Waals surface area (Å²) >= 11 is 7.82. The number of para-hydroxylation sites is 5. The maximum absolute atomic E-state index is 12.9. The van der Waals surface area contributed by atoms with Crippen LogP contribution in [-0.4, -0.2) is 189 Å². The number of anilines is 7. The zero-order valence-corrected chi connectivity index (χ0v) is 82.4. The largest absolute Gasteiger partial charge is 0.508 e. The highest BCUT2D eigenvalue weighted by atomic mass is 35.5. The molecule has 1 unspecified atom stereocenters. The monoisotopic (exact) mass is 1980 g/mol. The van der Waals surface area contributed by atoms with E-state index in [0.29, 0.717) is 135 Å². The number of hydrogen-bond donors (Lipinski definition) is 10. The van der Waals surface area contributed by atoms with Gasteiger partial charge in [-0.15, -0.1) is 10.2 Å². The van der Waals surface area contributed by atoms with Crippen LogP contribution in [0.1, 0.15) is 93.5 Å². The number of esters is 1. The number of nitrogen functional groups attached to an aromatic ring is 2. The van der Waals surface area contributed by atoms with E-state index in [1.54, 1.807) is 67.1 Å². The first-order valence-electron chi connectivity index (χ1n) is 46.3. The number of aromatic hydroxyl groups is 1. The number of fused-ring (bicyclic) bond motifs is 13. The van der Waals surface area contributed by atoms with Gasteiger partial charge >= 0.3 is 17.3 Å². The Hall–Kier alpha value is -16.5. The van der Waals surface area contributed by atoms with Crippen LogP contribution in [0.15, 0.2) is 259 Å². The number of phenolic OH excluding ortho intramolecular Hbond substituents is 1. The van der Waals surface area contributed by atoms with Gasteiger partial charge in [-0.3, -0.25) is 42.5 Å². The summed E-state index contributed by atoms with van der Waals surface area (Å²) in [6.07, 6.45) is 9.80. The molecule has 11 aromatic heterocycles. The number of aromatic nitrogens is 20. The quantitative estimate of drug-likeness (QED) is 0.0250. The van der Waals surface area contributed by atoms with Crippen molar-refractivity contribution in [3.8, 4) is 34.2 Å². The van der Waals surface area contributed by atoms with Gasteiger partial charge in [-0.1, -0.05) is 160 Å². The van der Waals surface area contributed by atoms with E-state index in [4.69, 9.17) is 32.8 Å². The highest BCUT2D eigenvalue weighted by Crippen LogP contribution is 2.43. The Morgan fingerprint density at radius 1 is 0.671 bits per heavy atom. The average molecular weight is 1990 g/mol. The molecule has 734 valence electrons. The van der Waals surface area contributed by atoms with E-state index in [9.17, 15) is 42.3 Å². The van der Waals surface area contributed by atoms with Gasteiger partial charge in [0.25, 0.3) is 16.7 Å².